The molecule has 27 heavy (non-hydrogen) atoms. The summed E-state index contributed by atoms with van der Waals surface area (Å²) >= 11 is 0. The van der Waals surface area contributed by atoms with Gasteiger partial charge in [0, 0.05) is 30.2 Å². The number of rotatable bonds is 4. The topological polar surface area (TPSA) is 53.2 Å². The third-order valence-corrected chi connectivity index (χ3v) is 7.54. The van der Waals surface area contributed by atoms with Crippen LogP contribution in [-0.2, 0) is 10.0 Å². The van der Waals surface area contributed by atoms with Crippen molar-refractivity contribution in [3.05, 3.63) is 65.9 Å². The van der Waals surface area contributed by atoms with Gasteiger partial charge in [0.15, 0.2) is 0 Å². The SMILES string of the molecule is CC(C)c1ccc(S(=O)(=O)N2CCC(c3cc4ccccc4[nH]3)CC2)cc1. The Bertz CT molecular complexity index is 995. The molecule has 0 radical (unpaired) electrons. The minimum absolute atomic E-state index is 0.382. The predicted molar refractivity (Wildman–Crippen MR) is 110 cm³/mol. The third kappa shape index (κ3) is 3.54. The van der Waals surface area contributed by atoms with E-state index in [1.165, 1.54) is 11.1 Å². The molecule has 0 unspecified atom stereocenters. The van der Waals surface area contributed by atoms with Gasteiger partial charge in [-0.25, -0.2) is 8.42 Å². The first kappa shape index (κ1) is 18.3. The van der Waals surface area contributed by atoms with E-state index in [1.54, 1.807) is 16.4 Å². The molecule has 2 heterocycles. The van der Waals surface area contributed by atoms with Gasteiger partial charge in [0.25, 0.3) is 0 Å². The molecular weight excluding hydrogens is 356 g/mol. The Kier molecular flexibility index (Phi) is 4.82. The van der Waals surface area contributed by atoms with E-state index in [1.807, 2.05) is 24.3 Å². The maximum Gasteiger partial charge on any atom is 0.243 e. The van der Waals surface area contributed by atoms with Gasteiger partial charge in [0.2, 0.25) is 10.0 Å². The van der Waals surface area contributed by atoms with E-state index in [4.69, 9.17) is 0 Å². The van der Waals surface area contributed by atoms with E-state index in [-0.39, 0.29) is 0 Å². The van der Waals surface area contributed by atoms with E-state index in [9.17, 15) is 8.42 Å². The number of hydrogen-bond donors (Lipinski definition) is 1. The van der Waals surface area contributed by atoms with Crippen LogP contribution in [0, 0.1) is 0 Å². The number of nitrogens with one attached hydrogen (secondary N) is 1. The fourth-order valence-electron chi connectivity index (χ4n) is 3.90. The molecule has 1 aliphatic heterocycles. The van der Waals surface area contributed by atoms with Gasteiger partial charge in [0.05, 0.1) is 4.90 Å². The predicted octanol–water partition coefficient (Wildman–Crippen LogP) is 4.86. The molecule has 0 spiro atoms. The van der Waals surface area contributed by atoms with E-state index < -0.39 is 10.0 Å². The van der Waals surface area contributed by atoms with Gasteiger partial charge < -0.3 is 4.98 Å². The van der Waals surface area contributed by atoms with Crippen LogP contribution in [0.15, 0.2) is 59.5 Å². The molecule has 1 aromatic heterocycles. The minimum atomic E-state index is -3.41. The average molecular weight is 383 g/mol. The second-order valence-electron chi connectivity index (χ2n) is 7.71. The van der Waals surface area contributed by atoms with Gasteiger partial charge in [-0.1, -0.05) is 44.2 Å². The third-order valence-electron chi connectivity index (χ3n) is 5.63. The Morgan fingerprint density at radius 3 is 2.30 bits per heavy atom. The zero-order valence-electron chi connectivity index (χ0n) is 15.9. The summed E-state index contributed by atoms with van der Waals surface area (Å²) in [6, 6.07) is 17.8. The number of piperidine rings is 1. The summed E-state index contributed by atoms with van der Waals surface area (Å²) in [5.74, 6) is 0.779. The molecular formula is C22H26N2O2S. The van der Waals surface area contributed by atoms with Crippen molar-refractivity contribution < 1.29 is 8.42 Å². The number of aromatic amines is 1. The summed E-state index contributed by atoms with van der Waals surface area (Å²) in [5, 5.41) is 1.22. The molecule has 142 valence electrons. The molecule has 2 aromatic carbocycles. The maximum absolute atomic E-state index is 13.0. The highest BCUT2D eigenvalue weighted by molar-refractivity contribution is 7.89. The van der Waals surface area contributed by atoms with Crippen LogP contribution in [0.5, 0.6) is 0 Å². The zero-order valence-corrected chi connectivity index (χ0v) is 16.7. The lowest BCUT2D eigenvalue weighted by Crippen LogP contribution is -2.37. The van der Waals surface area contributed by atoms with Crippen LogP contribution >= 0.6 is 0 Å². The van der Waals surface area contributed by atoms with Crippen LogP contribution in [0.2, 0.25) is 0 Å². The quantitative estimate of drug-likeness (QED) is 0.700. The van der Waals surface area contributed by atoms with Gasteiger partial charge in [0.1, 0.15) is 0 Å². The Hall–Kier alpha value is -2.11. The van der Waals surface area contributed by atoms with Crippen molar-refractivity contribution in [2.75, 3.05) is 13.1 Å². The second-order valence-corrected chi connectivity index (χ2v) is 9.65. The smallest absolute Gasteiger partial charge is 0.243 e. The molecule has 3 aromatic rings. The first-order chi connectivity index (χ1) is 12.9. The van der Waals surface area contributed by atoms with E-state index in [2.05, 4.69) is 37.0 Å². The van der Waals surface area contributed by atoms with Gasteiger partial charge in [-0.3, -0.25) is 0 Å². The number of nitrogens with zero attached hydrogens (tertiary/aromatic N) is 1. The van der Waals surface area contributed by atoms with E-state index in [0.29, 0.717) is 29.8 Å². The highest BCUT2D eigenvalue weighted by atomic mass is 32.2. The molecule has 5 heteroatoms. The van der Waals surface area contributed by atoms with Crippen molar-refractivity contribution in [3.8, 4) is 0 Å². The molecule has 0 aliphatic carbocycles. The molecule has 1 N–H and O–H groups in total. The van der Waals surface area contributed by atoms with Gasteiger partial charge in [-0.15, -0.1) is 0 Å². The van der Waals surface area contributed by atoms with Crippen molar-refractivity contribution in [1.29, 1.82) is 0 Å². The molecule has 0 amide bonds. The number of H-pyrrole nitrogens is 1. The van der Waals surface area contributed by atoms with Crippen molar-refractivity contribution in [1.82, 2.24) is 9.29 Å². The number of fused-ring (bicyclic) bond motifs is 1. The van der Waals surface area contributed by atoms with E-state index >= 15 is 0 Å². The summed E-state index contributed by atoms with van der Waals surface area (Å²) in [6.45, 7) is 5.35. The summed E-state index contributed by atoms with van der Waals surface area (Å²) in [7, 11) is -3.41. The first-order valence-corrected chi connectivity index (χ1v) is 11.1. The van der Waals surface area contributed by atoms with Gasteiger partial charge in [-0.05, 0) is 54.0 Å². The maximum atomic E-state index is 13.0. The molecule has 1 fully saturated rings. The summed E-state index contributed by atoms with van der Waals surface area (Å²) < 4.78 is 27.6. The summed E-state index contributed by atoms with van der Waals surface area (Å²) in [6.07, 6.45) is 1.69. The van der Waals surface area contributed by atoms with Crippen molar-refractivity contribution in [2.45, 2.75) is 43.4 Å². The average Bonchev–Trinajstić information content (AvgIpc) is 3.12. The Morgan fingerprint density at radius 2 is 1.67 bits per heavy atom. The summed E-state index contributed by atoms with van der Waals surface area (Å²) in [5.41, 5.74) is 3.52. The van der Waals surface area contributed by atoms with Crippen LogP contribution in [0.3, 0.4) is 0 Å². The molecule has 1 aliphatic rings. The van der Waals surface area contributed by atoms with Crippen LogP contribution < -0.4 is 0 Å². The van der Waals surface area contributed by atoms with E-state index in [0.717, 1.165) is 23.9 Å². The molecule has 0 atom stereocenters. The highest BCUT2D eigenvalue weighted by Crippen LogP contribution is 2.32. The van der Waals surface area contributed by atoms with Crippen molar-refractivity contribution >= 4 is 20.9 Å². The monoisotopic (exact) mass is 382 g/mol. The van der Waals surface area contributed by atoms with Gasteiger partial charge >= 0.3 is 0 Å². The fraction of sp³-hybridized carbons (Fsp3) is 0.364. The molecule has 4 nitrogen and oxygen atoms in total. The van der Waals surface area contributed by atoms with Crippen molar-refractivity contribution in [3.63, 3.8) is 0 Å². The zero-order chi connectivity index (χ0) is 19.0. The lowest BCUT2D eigenvalue weighted by Gasteiger charge is -2.31. The number of sulfonamides is 1. The second kappa shape index (κ2) is 7.13. The van der Waals surface area contributed by atoms with Crippen molar-refractivity contribution in [2.24, 2.45) is 0 Å². The Balaban J connectivity index is 1.47. The van der Waals surface area contributed by atoms with Gasteiger partial charge in [-0.2, -0.15) is 4.31 Å². The largest absolute Gasteiger partial charge is 0.358 e. The normalized spacial score (nSPS) is 17.0. The first-order valence-electron chi connectivity index (χ1n) is 9.63. The molecule has 4 rings (SSSR count). The number of aromatic nitrogens is 1. The highest BCUT2D eigenvalue weighted by Gasteiger charge is 2.30. The van der Waals surface area contributed by atoms with Crippen LogP contribution in [0.4, 0.5) is 0 Å². The molecule has 0 bridgehead atoms. The van der Waals surface area contributed by atoms with Crippen LogP contribution in [0.25, 0.3) is 10.9 Å². The van der Waals surface area contributed by atoms with Crippen LogP contribution in [-0.4, -0.2) is 30.8 Å². The molecule has 1 saturated heterocycles. The Morgan fingerprint density at radius 1 is 1.00 bits per heavy atom. The minimum Gasteiger partial charge on any atom is -0.358 e. The summed E-state index contributed by atoms with van der Waals surface area (Å²) in [4.78, 5) is 3.90. The Labute approximate surface area is 161 Å². The number of para-hydroxylation sites is 1. The number of benzene rings is 2. The fourth-order valence-corrected chi connectivity index (χ4v) is 5.37. The molecule has 0 saturated carbocycles. The standard InChI is InChI=1S/C22H26N2O2S/c1-16(2)17-7-9-20(10-8-17)27(25,26)24-13-11-18(12-14-24)22-15-19-5-3-4-6-21(19)23-22/h3-10,15-16,18,23H,11-14H2,1-2H3. The lowest BCUT2D eigenvalue weighted by molar-refractivity contribution is 0.317. The number of hydrogen-bond acceptors (Lipinski definition) is 2. The van der Waals surface area contributed by atoms with Crippen LogP contribution in [0.1, 0.15) is 49.8 Å². The lowest BCUT2D eigenvalue weighted by atomic mass is 9.95.